The molecule has 2 aliphatic carbocycles. The molecule has 1 aliphatic heterocycles. The quantitative estimate of drug-likeness (QED) is 0.0364. The average molecular weight is 1340 g/mol. The molecule has 7 amide bonds. The van der Waals surface area contributed by atoms with Gasteiger partial charge in [-0.3, -0.25) is 54.0 Å². The fourth-order valence-electron chi connectivity index (χ4n) is 11.2. The Labute approximate surface area is 577 Å². The number of aryl methyl sites for hydroxylation is 1. The van der Waals surface area contributed by atoms with E-state index in [1.165, 1.54) is 31.6 Å². The van der Waals surface area contributed by atoms with Gasteiger partial charge in [0.25, 0.3) is 5.91 Å². The summed E-state index contributed by atoms with van der Waals surface area (Å²) in [4.78, 5) is 99.2. The first kappa shape index (κ1) is 70.2. The molecule has 3 aliphatic rings. The van der Waals surface area contributed by atoms with Crippen molar-refractivity contribution < 1.29 is 52.1 Å². The number of benzene rings is 5. The van der Waals surface area contributed by atoms with Crippen LogP contribution in [0.4, 0.5) is 27.5 Å². The molecule has 2 bridgehead atoms. The second kappa shape index (κ2) is 36.0. The predicted molar refractivity (Wildman–Crippen MR) is 378 cm³/mol. The molecular formula is C78H74N10O12. The summed E-state index contributed by atoms with van der Waals surface area (Å²) in [6.07, 6.45) is 21.4. The first-order valence-corrected chi connectivity index (χ1v) is 32.3. The van der Waals surface area contributed by atoms with Crippen LogP contribution in [0.15, 0.2) is 253 Å². The summed E-state index contributed by atoms with van der Waals surface area (Å²) >= 11 is 0. The Morgan fingerprint density at radius 2 is 0.990 bits per heavy atom. The van der Waals surface area contributed by atoms with Crippen LogP contribution in [-0.2, 0) is 45.6 Å². The van der Waals surface area contributed by atoms with Crippen molar-refractivity contribution in [1.82, 2.24) is 30.6 Å². The van der Waals surface area contributed by atoms with Crippen LogP contribution in [0.1, 0.15) is 83.0 Å². The van der Waals surface area contributed by atoms with Crippen LogP contribution >= 0.6 is 0 Å². The summed E-state index contributed by atoms with van der Waals surface area (Å²) in [6.45, 7) is 5.60. The third kappa shape index (κ3) is 22.2. The molecule has 4 atom stereocenters. The maximum Gasteiger partial charge on any atom is 0.322 e. The van der Waals surface area contributed by atoms with Gasteiger partial charge in [-0.05, 0) is 134 Å². The summed E-state index contributed by atoms with van der Waals surface area (Å²) in [5.74, 6) is 2.70. The van der Waals surface area contributed by atoms with Gasteiger partial charge in [0.1, 0.15) is 55.5 Å². The molecular weight excluding hydrogens is 1270 g/mol. The van der Waals surface area contributed by atoms with Crippen LogP contribution in [0.5, 0.6) is 23.0 Å². The Morgan fingerprint density at radius 1 is 0.520 bits per heavy atom. The highest BCUT2D eigenvalue weighted by molar-refractivity contribution is 6.06. The van der Waals surface area contributed by atoms with Crippen molar-refractivity contribution in [2.45, 2.75) is 78.4 Å². The topological polar surface area (TPSA) is 293 Å². The monoisotopic (exact) mass is 1340 g/mol. The Balaban J connectivity index is 0.000000144. The molecule has 100 heavy (non-hydrogen) atoms. The number of carbonyl (C=O) groups excluding carboxylic acids is 6. The van der Waals surface area contributed by atoms with Gasteiger partial charge in [-0.2, -0.15) is 0 Å². The summed E-state index contributed by atoms with van der Waals surface area (Å²) in [7, 11) is 0. The lowest BCUT2D eigenvalue weighted by Gasteiger charge is -2.22. The van der Waals surface area contributed by atoms with Crippen molar-refractivity contribution in [2.75, 3.05) is 21.3 Å². The minimum atomic E-state index is -0.902. The smallest absolute Gasteiger partial charge is 0.322 e. The van der Waals surface area contributed by atoms with Gasteiger partial charge in [0.2, 0.25) is 23.6 Å². The zero-order valence-electron chi connectivity index (χ0n) is 55.0. The Morgan fingerprint density at radius 3 is 1.42 bits per heavy atom. The molecule has 1 saturated heterocycles. The van der Waals surface area contributed by atoms with Crippen molar-refractivity contribution in [2.24, 2.45) is 17.8 Å². The summed E-state index contributed by atoms with van der Waals surface area (Å²) in [6, 6.07) is 52.8. The third-order valence-corrected chi connectivity index (χ3v) is 16.1. The molecule has 6 N–H and O–H groups in total. The number of carbonyl (C=O) groups is 6. The molecule has 0 spiro atoms. The van der Waals surface area contributed by atoms with Crippen LogP contribution in [0.3, 0.4) is 0 Å². The van der Waals surface area contributed by atoms with Gasteiger partial charge in [0, 0.05) is 143 Å². The number of urea groups is 1. The van der Waals surface area contributed by atoms with Crippen LogP contribution in [-0.4, -0.2) is 61.5 Å². The predicted octanol–water partition coefficient (Wildman–Crippen LogP) is 13.1. The third-order valence-electron chi connectivity index (χ3n) is 16.1. The molecule has 10 aromatic rings. The lowest BCUT2D eigenvalue weighted by molar-refractivity contribution is -0.126. The molecule has 2 saturated carbocycles. The van der Waals surface area contributed by atoms with E-state index in [-0.39, 0.29) is 35.3 Å². The van der Waals surface area contributed by atoms with E-state index in [0.717, 1.165) is 68.8 Å². The maximum absolute atomic E-state index is 12.5. The van der Waals surface area contributed by atoms with Crippen molar-refractivity contribution in [3.05, 3.63) is 293 Å². The zero-order chi connectivity index (χ0) is 69.8. The number of nitrogens with zero attached hydrogens (tertiary/aromatic N) is 4. The van der Waals surface area contributed by atoms with Crippen molar-refractivity contribution in [1.29, 1.82) is 0 Å². The molecule has 5 aromatic carbocycles. The van der Waals surface area contributed by atoms with Crippen molar-refractivity contribution in [3.63, 3.8) is 0 Å². The van der Waals surface area contributed by atoms with Crippen LogP contribution in [0.25, 0.3) is 5.57 Å². The second-order valence-electron chi connectivity index (χ2n) is 23.7. The number of anilines is 4. The fraction of sp³-hybridized carbons (Fsp3) is 0.192. The van der Waals surface area contributed by atoms with E-state index in [9.17, 15) is 33.6 Å². The minimum Gasteiger partial charge on any atom is -0.489 e. The molecule has 3 fully saturated rings. The van der Waals surface area contributed by atoms with Crippen LogP contribution in [0, 0.1) is 24.7 Å². The SMILES string of the molecule is C/C(=C\C(=O)Nc1cccc(OCc2cccnc2)c1)c1ccccc1C.O=C(Nc1cccc(OCc2cccnc2)c1)C1C[C@H]2CC[C@@H]1C2.O=C(Nc1cccc(OCc2cccnc2)c1)c1cc(=O)cco1.O=C1C[C@@H](C(=O)Nc2cccc(OCc3cccnc3)c2)NC(=O)N1. The van der Waals surface area contributed by atoms with Gasteiger partial charge in [-0.25, -0.2) is 4.79 Å². The molecule has 0 radical (unpaired) electrons. The largest absolute Gasteiger partial charge is 0.489 e. The van der Waals surface area contributed by atoms with Gasteiger partial charge in [0.05, 0.1) is 12.7 Å². The summed E-state index contributed by atoms with van der Waals surface area (Å²) < 4.78 is 27.9. The molecule has 5 aromatic heterocycles. The zero-order valence-corrected chi connectivity index (χ0v) is 55.0. The van der Waals surface area contributed by atoms with Gasteiger partial charge in [0.15, 0.2) is 11.2 Å². The lowest BCUT2D eigenvalue weighted by Crippen LogP contribution is -2.56. The lowest BCUT2D eigenvalue weighted by atomic mass is 9.88. The van der Waals surface area contributed by atoms with Crippen LogP contribution in [0.2, 0.25) is 0 Å². The molecule has 22 nitrogen and oxygen atoms in total. The van der Waals surface area contributed by atoms with Gasteiger partial charge in [-0.15, -0.1) is 0 Å². The van der Waals surface area contributed by atoms with Crippen molar-refractivity contribution >= 4 is 63.9 Å². The van der Waals surface area contributed by atoms with E-state index in [0.29, 0.717) is 66.7 Å². The molecule has 6 heterocycles. The molecule has 22 heteroatoms. The highest BCUT2D eigenvalue weighted by Crippen LogP contribution is 2.48. The van der Waals surface area contributed by atoms with E-state index in [1.54, 1.807) is 104 Å². The second-order valence-corrected chi connectivity index (χ2v) is 23.7. The van der Waals surface area contributed by atoms with Gasteiger partial charge < -0.3 is 49.9 Å². The Bertz CT molecular complexity index is 4470. The Hall–Kier alpha value is -12.6. The molecule has 508 valence electrons. The summed E-state index contributed by atoms with van der Waals surface area (Å²) in [5, 5.41) is 15.8. The summed E-state index contributed by atoms with van der Waals surface area (Å²) in [5.41, 5.74) is 9.28. The molecule has 1 unspecified atom stereocenters. The number of rotatable bonds is 21. The highest BCUT2D eigenvalue weighted by atomic mass is 16.5. The maximum atomic E-state index is 12.5. The Kier molecular flexibility index (Phi) is 25.2. The van der Waals surface area contributed by atoms with E-state index < -0.39 is 29.8 Å². The minimum absolute atomic E-state index is 0.0517. The van der Waals surface area contributed by atoms with Crippen LogP contribution < -0.4 is 56.3 Å². The highest BCUT2D eigenvalue weighted by Gasteiger charge is 2.43. The number of allylic oxidation sites excluding steroid dienone is 1. The van der Waals surface area contributed by atoms with Gasteiger partial charge in [-0.1, -0.05) is 79.2 Å². The number of aromatic nitrogens is 4. The van der Waals surface area contributed by atoms with E-state index >= 15 is 0 Å². The molecule has 13 rings (SSSR count). The number of hydrogen-bond acceptors (Lipinski definition) is 16. The standard InChI is InChI=1S/C23H22N2O2.C20H22N2O2.C18H14N2O4.C17H16N4O4/c1-17-7-3-4-11-22(17)18(2)13-23(26)25-20-9-5-10-21(14-20)27-16-19-8-6-12-24-15-19;23-20(19-10-14-6-7-16(19)9-14)22-17-4-1-5-18(11-17)24-13-15-3-2-8-21-12-15;21-15-6-8-23-17(10-15)18(22)20-14-4-1-5-16(9-14)24-12-13-3-2-7-19-11-13;22-15-8-14(20-17(24)21-15)16(23)19-12-4-1-5-13(7-12)25-10-11-3-2-6-18-9-11/h3-15H,16H2,1-2H3,(H,25,26);1-5,8,11-12,14,16,19H,6-7,9-10,13H2,(H,22,23);1-11H,12H2,(H,20,22);1-7,9,14H,8,10H2,(H,19,23)(H2,20,21,22,24)/b18-13+;;;/t;14-,16+,19?;;14-/m.0.0/s1. The average Bonchev–Trinajstić information content (AvgIpc) is 1.64. The number of hydrogen-bond donors (Lipinski definition) is 6. The normalized spacial score (nSPS) is 15.5. The van der Waals surface area contributed by atoms with Gasteiger partial charge >= 0.3 is 6.03 Å². The number of imide groups is 1. The number of ether oxygens (including phenoxy) is 4. The first-order valence-electron chi connectivity index (χ1n) is 32.3. The number of nitrogens with one attached hydrogen (secondary N) is 6. The number of fused-ring (bicyclic) bond motifs is 2. The van der Waals surface area contributed by atoms with Crippen molar-refractivity contribution in [3.8, 4) is 23.0 Å². The first-order chi connectivity index (χ1) is 48.7. The fourth-order valence-corrected chi connectivity index (χ4v) is 11.2. The number of pyridine rings is 4. The van der Waals surface area contributed by atoms with E-state index in [2.05, 4.69) is 51.8 Å². The van der Waals surface area contributed by atoms with E-state index in [1.807, 2.05) is 135 Å². The van der Waals surface area contributed by atoms with E-state index in [4.69, 9.17) is 23.4 Å². The number of amides is 7.